The summed E-state index contributed by atoms with van der Waals surface area (Å²) in [7, 11) is 0. The van der Waals surface area contributed by atoms with Gasteiger partial charge in [0.05, 0.1) is 0 Å². The van der Waals surface area contributed by atoms with Gasteiger partial charge in [0.2, 0.25) is 0 Å². The molecule has 2 heteroatoms. The Morgan fingerprint density at radius 2 is 1.84 bits per heavy atom. The molecule has 3 rings (SSSR count). The van der Waals surface area contributed by atoms with Crippen LogP contribution < -0.4 is 5.32 Å². The number of phenolic OH excluding ortho intramolecular Hbond substituents is 1. The van der Waals surface area contributed by atoms with Crippen LogP contribution >= 0.6 is 0 Å². The van der Waals surface area contributed by atoms with Gasteiger partial charge in [-0.15, -0.1) is 0 Å². The normalized spacial score (nSPS) is 17.9. The van der Waals surface area contributed by atoms with E-state index in [-0.39, 0.29) is 5.54 Å². The van der Waals surface area contributed by atoms with Gasteiger partial charge in [0.25, 0.3) is 0 Å². The molecule has 2 aromatic carbocycles. The fourth-order valence-electron chi connectivity index (χ4n) is 3.14. The second-order valence-electron chi connectivity index (χ2n) is 5.91. The lowest BCUT2D eigenvalue weighted by molar-refractivity contribution is 0.359. The molecule has 0 bridgehead atoms. The number of hydrogen-bond donors (Lipinski definition) is 2. The molecule has 0 amide bonds. The third kappa shape index (κ3) is 2.45. The Balaban J connectivity index is 1.89. The summed E-state index contributed by atoms with van der Waals surface area (Å²) in [5.74, 6) is 0.396. The monoisotopic (exact) mass is 255 g/mol. The van der Waals surface area contributed by atoms with E-state index in [4.69, 9.17) is 0 Å². The van der Waals surface area contributed by atoms with Crippen molar-refractivity contribution >= 4 is 10.8 Å². The zero-order valence-corrected chi connectivity index (χ0v) is 11.4. The molecular formula is C17H21NO. The van der Waals surface area contributed by atoms with Gasteiger partial charge in [-0.2, -0.15) is 0 Å². The van der Waals surface area contributed by atoms with E-state index in [1.54, 1.807) is 6.07 Å². The zero-order chi connectivity index (χ0) is 13.3. The van der Waals surface area contributed by atoms with E-state index in [2.05, 4.69) is 24.4 Å². The lowest BCUT2D eigenvalue weighted by Gasteiger charge is -2.26. The summed E-state index contributed by atoms with van der Waals surface area (Å²) in [6.45, 7) is 3.03. The molecule has 1 aliphatic carbocycles. The SMILES string of the molecule is CC1(NCc2c(O)ccc3ccccc23)CCCC1. The maximum atomic E-state index is 10.1. The van der Waals surface area contributed by atoms with Crippen LogP contribution in [0.2, 0.25) is 0 Å². The van der Waals surface area contributed by atoms with Gasteiger partial charge in [-0.1, -0.05) is 43.2 Å². The van der Waals surface area contributed by atoms with Gasteiger partial charge < -0.3 is 10.4 Å². The topological polar surface area (TPSA) is 32.3 Å². The van der Waals surface area contributed by atoms with Crippen LogP contribution in [-0.2, 0) is 6.54 Å². The van der Waals surface area contributed by atoms with Crippen molar-refractivity contribution in [1.29, 1.82) is 0 Å². The number of rotatable bonds is 3. The van der Waals surface area contributed by atoms with Crippen molar-refractivity contribution in [2.45, 2.75) is 44.7 Å². The van der Waals surface area contributed by atoms with Gasteiger partial charge in [-0.05, 0) is 36.6 Å². The summed E-state index contributed by atoms with van der Waals surface area (Å²) in [6, 6.07) is 12.0. The van der Waals surface area contributed by atoms with Crippen molar-refractivity contribution in [2.75, 3.05) is 0 Å². The summed E-state index contributed by atoms with van der Waals surface area (Å²) in [5, 5.41) is 16.1. The molecule has 100 valence electrons. The molecule has 2 aromatic rings. The minimum atomic E-state index is 0.239. The first kappa shape index (κ1) is 12.5. The van der Waals surface area contributed by atoms with Crippen molar-refractivity contribution in [3.05, 3.63) is 42.0 Å². The van der Waals surface area contributed by atoms with Gasteiger partial charge in [0.1, 0.15) is 5.75 Å². The molecule has 19 heavy (non-hydrogen) atoms. The largest absolute Gasteiger partial charge is 0.508 e. The van der Waals surface area contributed by atoms with E-state index in [1.807, 2.05) is 18.2 Å². The summed E-state index contributed by atoms with van der Waals surface area (Å²) < 4.78 is 0. The lowest BCUT2D eigenvalue weighted by Crippen LogP contribution is -2.38. The number of fused-ring (bicyclic) bond motifs is 1. The Morgan fingerprint density at radius 3 is 2.63 bits per heavy atom. The van der Waals surface area contributed by atoms with Crippen LogP contribution in [0.3, 0.4) is 0 Å². The Bertz CT molecular complexity index is 585. The van der Waals surface area contributed by atoms with Crippen LogP contribution in [0.1, 0.15) is 38.2 Å². The molecule has 1 saturated carbocycles. The summed E-state index contributed by atoms with van der Waals surface area (Å²) in [4.78, 5) is 0. The van der Waals surface area contributed by atoms with Crippen molar-refractivity contribution in [2.24, 2.45) is 0 Å². The highest BCUT2D eigenvalue weighted by Crippen LogP contribution is 2.31. The number of aromatic hydroxyl groups is 1. The summed E-state index contributed by atoms with van der Waals surface area (Å²) in [5.41, 5.74) is 1.26. The fourth-order valence-corrected chi connectivity index (χ4v) is 3.14. The number of nitrogens with one attached hydrogen (secondary N) is 1. The molecule has 0 radical (unpaired) electrons. The molecule has 1 fully saturated rings. The molecule has 2 N–H and O–H groups in total. The van der Waals surface area contributed by atoms with Crippen molar-refractivity contribution < 1.29 is 5.11 Å². The summed E-state index contributed by atoms with van der Waals surface area (Å²) >= 11 is 0. The molecule has 0 spiro atoms. The predicted octanol–water partition coefficient (Wildman–Crippen LogP) is 3.97. The van der Waals surface area contributed by atoms with E-state index in [0.717, 1.165) is 17.5 Å². The smallest absolute Gasteiger partial charge is 0.120 e. The van der Waals surface area contributed by atoms with Gasteiger partial charge >= 0.3 is 0 Å². The molecule has 2 nitrogen and oxygen atoms in total. The van der Waals surface area contributed by atoms with E-state index in [0.29, 0.717) is 5.75 Å². The van der Waals surface area contributed by atoms with E-state index < -0.39 is 0 Å². The summed E-state index contributed by atoms with van der Waals surface area (Å²) in [6.07, 6.45) is 5.09. The molecule has 0 saturated heterocycles. The first-order valence-corrected chi connectivity index (χ1v) is 7.13. The van der Waals surface area contributed by atoms with Crippen LogP contribution in [0, 0.1) is 0 Å². The van der Waals surface area contributed by atoms with Crippen LogP contribution in [0.25, 0.3) is 10.8 Å². The third-order valence-electron chi connectivity index (χ3n) is 4.41. The molecule has 0 aromatic heterocycles. The molecule has 0 heterocycles. The van der Waals surface area contributed by atoms with Crippen LogP contribution in [0.4, 0.5) is 0 Å². The minimum Gasteiger partial charge on any atom is -0.508 e. The van der Waals surface area contributed by atoms with E-state index in [9.17, 15) is 5.11 Å². The second kappa shape index (κ2) is 4.86. The standard InChI is InChI=1S/C17H21NO/c1-17(10-4-5-11-17)18-12-15-14-7-3-2-6-13(14)8-9-16(15)19/h2-3,6-9,18-19H,4-5,10-12H2,1H3. The average molecular weight is 255 g/mol. The maximum Gasteiger partial charge on any atom is 0.120 e. The Morgan fingerprint density at radius 1 is 1.11 bits per heavy atom. The van der Waals surface area contributed by atoms with E-state index >= 15 is 0 Å². The van der Waals surface area contributed by atoms with E-state index in [1.165, 1.54) is 31.1 Å². The van der Waals surface area contributed by atoms with Crippen molar-refractivity contribution in [1.82, 2.24) is 5.32 Å². The second-order valence-corrected chi connectivity index (χ2v) is 5.91. The number of hydrogen-bond acceptors (Lipinski definition) is 2. The maximum absolute atomic E-state index is 10.1. The zero-order valence-electron chi connectivity index (χ0n) is 11.4. The van der Waals surface area contributed by atoms with Gasteiger partial charge in [0, 0.05) is 17.6 Å². The lowest BCUT2D eigenvalue weighted by atomic mass is 9.98. The average Bonchev–Trinajstić information content (AvgIpc) is 2.85. The first-order valence-electron chi connectivity index (χ1n) is 7.13. The molecular weight excluding hydrogens is 234 g/mol. The Kier molecular flexibility index (Phi) is 3.19. The van der Waals surface area contributed by atoms with Crippen LogP contribution in [-0.4, -0.2) is 10.6 Å². The molecule has 0 atom stereocenters. The quantitative estimate of drug-likeness (QED) is 0.870. The number of phenols is 1. The molecule has 0 unspecified atom stereocenters. The van der Waals surface area contributed by atoms with Gasteiger partial charge in [-0.3, -0.25) is 0 Å². The van der Waals surface area contributed by atoms with Crippen LogP contribution in [0.15, 0.2) is 36.4 Å². The number of benzene rings is 2. The highest BCUT2D eigenvalue weighted by Gasteiger charge is 2.28. The Labute approximate surface area is 114 Å². The highest BCUT2D eigenvalue weighted by molar-refractivity contribution is 5.87. The van der Waals surface area contributed by atoms with Crippen LogP contribution in [0.5, 0.6) is 5.75 Å². The first-order chi connectivity index (χ1) is 9.18. The van der Waals surface area contributed by atoms with Crippen molar-refractivity contribution in [3.8, 4) is 5.75 Å². The predicted molar refractivity (Wildman–Crippen MR) is 79.3 cm³/mol. The van der Waals surface area contributed by atoms with Gasteiger partial charge in [-0.25, -0.2) is 0 Å². The third-order valence-corrected chi connectivity index (χ3v) is 4.41. The molecule has 0 aliphatic heterocycles. The minimum absolute atomic E-state index is 0.239. The van der Waals surface area contributed by atoms with Crippen molar-refractivity contribution in [3.63, 3.8) is 0 Å². The highest BCUT2D eigenvalue weighted by atomic mass is 16.3. The fraction of sp³-hybridized carbons (Fsp3) is 0.412. The Hall–Kier alpha value is -1.54. The molecule has 1 aliphatic rings. The van der Waals surface area contributed by atoms with Gasteiger partial charge in [0.15, 0.2) is 0 Å².